The van der Waals surface area contributed by atoms with E-state index in [0.717, 1.165) is 0 Å². The summed E-state index contributed by atoms with van der Waals surface area (Å²) in [4.78, 5) is 53.7. The molecule has 0 saturated carbocycles. The predicted molar refractivity (Wildman–Crippen MR) is 98.9 cm³/mol. The number of imidazole rings is 1. The van der Waals surface area contributed by atoms with Crippen molar-refractivity contribution < 1.29 is 24.3 Å². The number of nitrogens with zero attached hydrogens (tertiary/aromatic N) is 1. The third kappa shape index (κ3) is 7.27. The maximum Gasteiger partial charge on any atom is 0.327 e. The van der Waals surface area contributed by atoms with Crippen LogP contribution in [0.3, 0.4) is 0 Å². The van der Waals surface area contributed by atoms with Crippen molar-refractivity contribution in [1.82, 2.24) is 25.9 Å². The number of nitrogens with one attached hydrogen (secondary N) is 4. The Morgan fingerprint density at radius 1 is 1.15 bits per heavy atom. The van der Waals surface area contributed by atoms with Crippen LogP contribution in [0.4, 0.5) is 0 Å². The molecule has 0 radical (unpaired) electrons. The fourth-order valence-corrected chi connectivity index (χ4v) is 2.25. The van der Waals surface area contributed by atoms with Crippen molar-refractivity contribution in [2.24, 2.45) is 5.73 Å². The monoisotopic (exact) mass is 400 g/mol. The van der Waals surface area contributed by atoms with E-state index >= 15 is 0 Å². The molecule has 150 valence electrons. The van der Waals surface area contributed by atoms with Crippen LogP contribution in [-0.2, 0) is 25.6 Å². The lowest BCUT2D eigenvalue weighted by atomic mass is 10.1. The number of rotatable bonds is 10. The molecular formula is C15H24N6O5S. The van der Waals surface area contributed by atoms with E-state index in [1.807, 2.05) is 0 Å². The van der Waals surface area contributed by atoms with Gasteiger partial charge in [0.15, 0.2) is 0 Å². The van der Waals surface area contributed by atoms with Gasteiger partial charge < -0.3 is 31.8 Å². The van der Waals surface area contributed by atoms with Gasteiger partial charge in [-0.15, -0.1) is 0 Å². The van der Waals surface area contributed by atoms with Crippen molar-refractivity contribution in [3.05, 3.63) is 18.2 Å². The average Bonchev–Trinajstić information content (AvgIpc) is 3.11. The second-order valence-corrected chi connectivity index (χ2v) is 6.30. The number of carboxylic acids is 1. The largest absolute Gasteiger partial charge is 0.480 e. The molecule has 0 spiro atoms. The maximum atomic E-state index is 12.1. The Kier molecular flexibility index (Phi) is 8.75. The number of H-pyrrole nitrogens is 1. The van der Waals surface area contributed by atoms with Gasteiger partial charge in [0.2, 0.25) is 17.7 Å². The SMILES string of the molecule is CC(NC(=O)C(N)Cc1cnc[nH]1)C(=O)NC(C)C(=O)NC(CS)C(=O)O. The first-order valence-corrected chi connectivity index (χ1v) is 8.76. The molecule has 27 heavy (non-hydrogen) atoms. The van der Waals surface area contributed by atoms with Gasteiger partial charge in [0.05, 0.1) is 12.4 Å². The number of aromatic amines is 1. The molecule has 0 aliphatic rings. The molecular weight excluding hydrogens is 376 g/mol. The number of amides is 3. The minimum Gasteiger partial charge on any atom is -0.480 e. The summed E-state index contributed by atoms with van der Waals surface area (Å²) >= 11 is 3.84. The highest BCUT2D eigenvalue weighted by atomic mass is 32.1. The molecule has 1 heterocycles. The van der Waals surface area contributed by atoms with Crippen molar-refractivity contribution in [2.45, 2.75) is 44.4 Å². The Labute approximate surface area is 161 Å². The Bertz CT molecular complexity index is 668. The summed E-state index contributed by atoms with van der Waals surface area (Å²) in [5.74, 6) is -3.16. The van der Waals surface area contributed by atoms with Gasteiger partial charge in [0.25, 0.3) is 0 Å². The summed E-state index contributed by atoms with van der Waals surface area (Å²) < 4.78 is 0. The number of carboxylic acid groups (broad SMARTS) is 1. The first-order chi connectivity index (χ1) is 12.6. The summed E-state index contributed by atoms with van der Waals surface area (Å²) in [6.45, 7) is 2.83. The molecule has 12 heteroatoms. The highest BCUT2D eigenvalue weighted by Gasteiger charge is 2.25. The van der Waals surface area contributed by atoms with Crippen molar-refractivity contribution in [3.8, 4) is 0 Å². The van der Waals surface area contributed by atoms with E-state index in [9.17, 15) is 19.2 Å². The fraction of sp³-hybridized carbons (Fsp3) is 0.533. The van der Waals surface area contributed by atoms with Crippen molar-refractivity contribution in [1.29, 1.82) is 0 Å². The summed E-state index contributed by atoms with van der Waals surface area (Å²) in [6.07, 6.45) is 3.23. The van der Waals surface area contributed by atoms with Crippen LogP contribution in [0.15, 0.2) is 12.5 Å². The topological polar surface area (TPSA) is 179 Å². The van der Waals surface area contributed by atoms with Gasteiger partial charge in [0, 0.05) is 24.1 Å². The number of hydrogen-bond donors (Lipinski definition) is 7. The van der Waals surface area contributed by atoms with Crippen LogP contribution in [0.5, 0.6) is 0 Å². The zero-order chi connectivity index (χ0) is 20.6. The van der Waals surface area contributed by atoms with E-state index in [2.05, 4.69) is 38.5 Å². The first-order valence-electron chi connectivity index (χ1n) is 8.13. The van der Waals surface area contributed by atoms with Gasteiger partial charge in [-0.1, -0.05) is 0 Å². The van der Waals surface area contributed by atoms with Gasteiger partial charge in [-0.3, -0.25) is 14.4 Å². The van der Waals surface area contributed by atoms with Gasteiger partial charge in [-0.25, -0.2) is 9.78 Å². The lowest BCUT2D eigenvalue weighted by molar-refractivity contribution is -0.141. The molecule has 0 bridgehead atoms. The van der Waals surface area contributed by atoms with E-state index in [1.54, 1.807) is 6.20 Å². The summed E-state index contributed by atoms with van der Waals surface area (Å²) in [5.41, 5.74) is 6.46. The lowest BCUT2D eigenvalue weighted by Gasteiger charge is -2.21. The normalized spacial score (nSPS) is 15.1. The van der Waals surface area contributed by atoms with Crippen LogP contribution in [0.25, 0.3) is 0 Å². The Balaban J connectivity index is 2.49. The number of aromatic nitrogens is 2. The molecule has 11 nitrogen and oxygen atoms in total. The summed E-state index contributed by atoms with van der Waals surface area (Å²) in [7, 11) is 0. The van der Waals surface area contributed by atoms with Crippen LogP contribution < -0.4 is 21.7 Å². The Hall–Kier alpha value is -2.60. The molecule has 1 rings (SSSR count). The highest BCUT2D eigenvalue weighted by molar-refractivity contribution is 7.80. The van der Waals surface area contributed by atoms with Crippen LogP contribution in [-0.4, -0.2) is 68.7 Å². The summed E-state index contributed by atoms with van der Waals surface area (Å²) in [6, 6.07) is -4.00. The molecule has 0 fully saturated rings. The van der Waals surface area contributed by atoms with Crippen molar-refractivity contribution in [2.75, 3.05) is 5.75 Å². The second kappa shape index (κ2) is 10.5. The van der Waals surface area contributed by atoms with E-state index < -0.39 is 47.9 Å². The average molecular weight is 400 g/mol. The van der Waals surface area contributed by atoms with Crippen molar-refractivity contribution >= 4 is 36.3 Å². The Morgan fingerprint density at radius 2 is 1.70 bits per heavy atom. The van der Waals surface area contributed by atoms with Gasteiger partial charge >= 0.3 is 5.97 Å². The van der Waals surface area contributed by atoms with Crippen LogP contribution >= 0.6 is 12.6 Å². The third-order valence-electron chi connectivity index (χ3n) is 3.63. The first kappa shape index (κ1) is 22.4. The molecule has 1 aromatic heterocycles. The van der Waals surface area contributed by atoms with Crippen LogP contribution in [0.1, 0.15) is 19.5 Å². The number of thiol groups is 1. The van der Waals surface area contributed by atoms with Crippen LogP contribution in [0, 0.1) is 0 Å². The standard InChI is InChI=1S/C15H24N6O5S/c1-7(20-14(24)10(16)3-9-4-17-6-18-9)12(22)19-8(2)13(23)21-11(5-27)15(25)26/h4,6-8,10-11,27H,3,5,16H2,1-2H3,(H,17,18)(H,19,22)(H,20,24)(H,21,23)(H,25,26). The van der Waals surface area contributed by atoms with E-state index in [4.69, 9.17) is 10.8 Å². The third-order valence-corrected chi connectivity index (χ3v) is 4.00. The minimum atomic E-state index is -1.23. The van der Waals surface area contributed by atoms with Gasteiger partial charge in [-0.05, 0) is 13.8 Å². The van der Waals surface area contributed by atoms with E-state index in [0.29, 0.717) is 5.69 Å². The number of carbonyl (C=O) groups is 4. The zero-order valence-corrected chi connectivity index (χ0v) is 15.8. The molecule has 0 aliphatic heterocycles. The lowest BCUT2D eigenvalue weighted by Crippen LogP contribution is -2.55. The van der Waals surface area contributed by atoms with Crippen LogP contribution in [0.2, 0.25) is 0 Å². The maximum absolute atomic E-state index is 12.1. The molecule has 0 aliphatic carbocycles. The number of nitrogens with two attached hydrogens (primary N) is 1. The molecule has 4 unspecified atom stereocenters. The highest BCUT2D eigenvalue weighted by Crippen LogP contribution is 1.98. The minimum absolute atomic E-state index is 0.0948. The second-order valence-electron chi connectivity index (χ2n) is 5.93. The molecule has 3 amide bonds. The predicted octanol–water partition coefficient (Wildman–Crippen LogP) is -2.21. The molecule has 0 aromatic carbocycles. The number of aliphatic carboxylic acids is 1. The smallest absolute Gasteiger partial charge is 0.327 e. The molecule has 1 aromatic rings. The molecule has 4 atom stereocenters. The zero-order valence-electron chi connectivity index (χ0n) is 14.9. The molecule has 0 saturated heterocycles. The van der Waals surface area contributed by atoms with E-state index in [-0.39, 0.29) is 12.2 Å². The quantitative estimate of drug-likeness (QED) is 0.217. The fourth-order valence-electron chi connectivity index (χ4n) is 2.00. The van der Waals surface area contributed by atoms with Crippen molar-refractivity contribution in [3.63, 3.8) is 0 Å². The molecule has 7 N–H and O–H groups in total. The number of hydrogen-bond acceptors (Lipinski definition) is 7. The van der Waals surface area contributed by atoms with Gasteiger partial charge in [0.1, 0.15) is 18.1 Å². The Morgan fingerprint density at radius 3 is 2.19 bits per heavy atom. The summed E-state index contributed by atoms with van der Waals surface area (Å²) in [5, 5.41) is 16.0. The van der Waals surface area contributed by atoms with E-state index in [1.165, 1.54) is 20.2 Å². The van der Waals surface area contributed by atoms with Gasteiger partial charge in [-0.2, -0.15) is 12.6 Å². The number of carbonyl (C=O) groups excluding carboxylic acids is 3.